The van der Waals surface area contributed by atoms with Gasteiger partial charge in [0.1, 0.15) is 5.82 Å². The number of nitrogens with zero attached hydrogens (tertiary/aromatic N) is 1. The number of hydrogen-bond donors (Lipinski definition) is 0. The Balaban J connectivity index is 2.15. The zero-order chi connectivity index (χ0) is 12.3. The molecule has 2 nitrogen and oxygen atoms in total. The molecule has 1 unspecified atom stereocenters. The quantitative estimate of drug-likeness (QED) is 0.755. The Morgan fingerprint density at radius 3 is 2.71 bits per heavy atom. The van der Waals surface area contributed by atoms with Crippen LogP contribution in [0.1, 0.15) is 20.3 Å². The van der Waals surface area contributed by atoms with Gasteiger partial charge in [-0.25, -0.2) is 9.37 Å². The summed E-state index contributed by atoms with van der Waals surface area (Å²) in [5.74, 6) is 0.429. The Hall–Kier alpha value is -1.29. The summed E-state index contributed by atoms with van der Waals surface area (Å²) in [6.45, 7) is 4.26. The van der Waals surface area contributed by atoms with E-state index in [2.05, 4.69) is 18.8 Å². The van der Waals surface area contributed by atoms with Crippen LogP contribution in [0.2, 0.25) is 0 Å². The van der Waals surface area contributed by atoms with Crippen LogP contribution < -0.4 is 0 Å². The van der Waals surface area contributed by atoms with Crippen molar-refractivity contribution in [3.05, 3.63) is 36.3 Å². The van der Waals surface area contributed by atoms with E-state index in [1.54, 1.807) is 30.1 Å². The topological polar surface area (TPSA) is 26.0 Å². The van der Waals surface area contributed by atoms with Crippen molar-refractivity contribution >= 4 is 11.8 Å². The fourth-order valence-corrected chi connectivity index (χ4v) is 2.08. The maximum Gasteiger partial charge on any atom is 0.256 e. The molecule has 0 fully saturated rings. The summed E-state index contributed by atoms with van der Waals surface area (Å²) >= 11 is 1.61. The molecule has 2 aromatic rings. The highest BCUT2D eigenvalue weighted by Crippen LogP contribution is 2.28. The monoisotopic (exact) mass is 251 g/mol. The first kappa shape index (κ1) is 12.2. The molecule has 0 bridgehead atoms. The molecule has 1 aromatic carbocycles. The molecular weight excluding hydrogens is 237 g/mol. The zero-order valence-corrected chi connectivity index (χ0v) is 10.6. The summed E-state index contributed by atoms with van der Waals surface area (Å²) in [5.41, 5.74) is 0.843. The molecule has 1 atom stereocenters. The Bertz CT molecular complexity index is 480. The van der Waals surface area contributed by atoms with Crippen molar-refractivity contribution in [2.45, 2.75) is 30.7 Å². The third kappa shape index (κ3) is 3.09. The molecular formula is C13H14FNOS. The largest absolute Gasteiger partial charge is 0.431 e. The molecule has 17 heavy (non-hydrogen) atoms. The average Bonchev–Trinajstić information content (AvgIpc) is 2.78. The summed E-state index contributed by atoms with van der Waals surface area (Å²) < 4.78 is 18.4. The second-order valence-corrected chi connectivity index (χ2v) is 5.22. The van der Waals surface area contributed by atoms with E-state index in [4.69, 9.17) is 4.42 Å². The van der Waals surface area contributed by atoms with Crippen molar-refractivity contribution < 1.29 is 8.81 Å². The van der Waals surface area contributed by atoms with Crippen LogP contribution in [0.4, 0.5) is 4.39 Å². The molecule has 0 saturated heterocycles. The second-order valence-electron chi connectivity index (χ2n) is 3.83. The van der Waals surface area contributed by atoms with E-state index in [1.165, 1.54) is 12.1 Å². The standard InChI is InChI=1S/C13H14FNOS/c1-3-9(2)17-13-15-8-12(16-13)10-4-6-11(14)7-5-10/h4-9H,3H2,1-2H3. The van der Waals surface area contributed by atoms with E-state index in [9.17, 15) is 4.39 Å². The van der Waals surface area contributed by atoms with Crippen molar-refractivity contribution in [3.63, 3.8) is 0 Å². The fourth-order valence-electron chi connectivity index (χ4n) is 1.32. The number of hydrogen-bond acceptors (Lipinski definition) is 3. The molecule has 0 N–H and O–H groups in total. The molecule has 0 radical (unpaired) electrons. The third-order valence-corrected chi connectivity index (χ3v) is 3.62. The van der Waals surface area contributed by atoms with E-state index < -0.39 is 0 Å². The number of aromatic nitrogens is 1. The summed E-state index contributed by atoms with van der Waals surface area (Å²) in [6.07, 6.45) is 2.75. The number of halogens is 1. The summed E-state index contributed by atoms with van der Waals surface area (Å²) in [6, 6.07) is 6.21. The van der Waals surface area contributed by atoms with Gasteiger partial charge in [0, 0.05) is 10.8 Å². The highest BCUT2D eigenvalue weighted by Gasteiger charge is 2.09. The highest BCUT2D eigenvalue weighted by atomic mass is 32.2. The van der Waals surface area contributed by atoms with Gasteiger partial charge in [-0.1, -0.05) is 25.6 Å². The lowest BCUT2D eigenvalue weighted by molar-refractivity contribution is 0.465. The van der Waals surface area contributed by atoms with E-state index >= 15 is 0 Å². The highest BCUT2D eigenvalue weighted by molar-refractivity contribution is 7.99. The first-order valence-corrected chi connectivity index (χ1v) is 6.45. The molecule has 1 heterocycles. The Morgan fingerprint density at radius 1 is 1.35 bits per heavy atom. The van der Waals surface area contributed by atoms with Gasteiger partial charge >= 0.3 is 0 Å². The van der Waals surface area contributed by atoms with Crippen LogP contribution in [0.5, 0.6) is 0 Å². The van der Waals surface area contributed by atoms with Crippen LogP contribution in [0.25, 0.3) is 11.3 Å². The van der Waals surface area contributed by atoms with Gasteiger partial charge in [-0.05, 0) is 30.7 Å². The number of rotatable bonds is 4. The minimum atomic E-state index is -0.248. The Morgan fingerprint density at radius 2 is 2.06 bits per heavy atom. The van der Waals surface area contributed by atoms with Gasteiger partial charge in [-0.2, -0.15) is 0 Å². The minimum absolute atomic E-state index is 0.248. The van der Waals surface area contributed by atoms with Crippen molar-refractivity contribution in [2.24, 2.45) is 0 Å². The van der Waals surface area contributed by atoms with Gasteiger partial charge in [0.15, 0.2) is 5.76 Å². The van der Waals surface area contributed by atoms with Gasteiger partial charge in [0.2, 0.25) is 0 Å². The SMILES string of the molecule is CCC(C)Sc1ncc(-c2ccc(F)cc2)o1. The normalized spacial score (nSPS) is 12.6. The maximum absolute atomic E-state index is 12.8. The fraction of sp³-hybridized carbons (Fsp3) is 0.308. The van der Waals surface area contributed by atoms with Crippen molar-refractivity contribution in [1.82, 2.24) is 4.98 Å². The Labute approximate surface area is 104 Å². The van der Waals surface area contributed by atoms with Crippen LogP contribution in [-0.2, 0) is 0 Å². The number of thioether (sulfide) groups is 1. The van der Waals surface area contributed by atoms with E-state index in [0.717, 1.165) is 12.0 Å². The van der Waals surface area contributed by atoms with Crippen molar-refractivity contribution in [1.29, 1.82) is 0 Å². The molecule has 0 aliphatic carbocycles. The Kier molecular flexibility index (Phi) is 3.84. The van der Waals surface area contributed by atoms with E-state index in [1.807, 2.05) is 0 Å². The predicted molar refractivity (Wildman–Crippen MR) is 67.5 cm³/mol. The third-order valence-electron chi connectivity index (χ3n) is 2.49. The average molecular weight is 251 g/mol. The van der Waals surface area contributed by atoms with Gasteiger partial charge in [0.25, 0.3) is 5.22 Å². The van der Waals surface area contributed by atoms with Crippen LogP contribution >= 0.6 is 11.8 Å². The molecule has 0 aliphatic rings. The molecule has 4 heteroatoms. The molecule has 0 spiro atoms. The van der Waals surface area contributed by atoms with Gasteiger partial charge in [-0.3, -0.25) is 0 Å². The van der Waals surface area contributed by atoms with Crippen LogP contribution in [0.15, 0.2) is 40.1 Å². The van der Waals surface area contributed by atoms with Gasteiger partial charge in [0.05, 0.1) is 6.20 Å². The van der Waals surface area contributed by atoms with Crippen LogP contribution in [0.3, 0.4) is 0 Å². The van der Waals surface area contributed by atoms with Crippen LogP contribution in [-0.4, -0.2) is 10.2 Å². The summed E-state index contributed by atoms with van der Waals surface area (Å²) in [5, 5.41) is 1.15. The lowest BCUT2D eigenvalue weighted by Gasteiger charge is -2.02. The summed E-state index contributed by atoms with van der Waals surface area (Å²) in [4.78, 5) is 4.21. The maximum atomic E-state index is 12.8. The minimum Gasteiger partial charge on any atom is -0.431 e. The molecule has 2 rings (SSSR count). The first-order chi connectivity index (χ1) is 8.19. The molecule has 1 aromatic heterocycles. The van der Waals surface area contributed by atoms with Crippen molar-refractivity contribution in [2.75, 3.05) is 0 Å². The molecule has 0 saturated carbocycles. The van der Waals surface area contributed by atoms with E-state index in [-0.39, 0.29) is 5.82 Å². The molecule has 90 valence electrons. The van der Waals surface area contributed by atoms with Crippen LogP contribution in [0, 0.1) is 5.82 Å². The summed E-state index contributed by atoms with van der Waals surface area (Å²) in [7, 11) is 0. The zero-order valence-electron chi connectivity index (χ0n) is 9.81. The molecule has 0 amide bonds. The first-order valence-electron chi connectivity index (χ1n) is 5.57. The molecule has 0 aliphatic heterocycles. The second kappa shape index (κ2) is 5.36. The van der Waals surface area contributed by atoms with E-state index in [0.29, 0.717) is 16.2 Å². The lowest BCUT2D eigenvalue weighted by atomic mass is 10.2. The lowest BCUT2D eigenvalue weighted by Crippen LogP contribution is -1.91. The van der Waals surface area contributed by atoms with Gasteiger partial charge in [-0.15, -0.1) is 0 Å². The number of benzene rings is 1. The number of oxazole rings is 1. The van der Waals surface area contributed by atoms with Gasteiger partial charge < -0.3 is 4.42 Å². The predicted octanol–water partition coefficient (Wildman–Crippen LogP) is 4.37. The smallest absolute Gasteiger partial charge is 0.256 e. The van der Waals surface area contributed by atoms with Crippen molar-refractivity contribution in [3.8, 4) is 11.3 Å².